The molecular formula is C23H17N7O5S. The van der Waals surface area contributed by atoms with Crippen LogP contribution in [-0.2, 0) is 4.79 Å². The summed E-state index contributed by atoms with van der Waals surface area (Å²) in [5.74, 6) is -0.0932. The molecule has 4 rings (SSSR count). The maximum Gasteiger partial charge on any atom is 0.270 e. The van der Waals surface area contributed by atoms with E-state index in [1.54, 1.807) is 22.8 Å². The molecule has 0 fully saturated rings. The van der Waals surface area contributed by atoms with Crippen LogP contribution in [0.5, 0.6) is 0 Å². The van der Waals surface area contributed by atoms with E-state index < -0.39 is 15.8 Å². The van der Waals surface area contributed by atoms with Crippen molar-refractivity contribution in [3.8, 4) is 17.1 Å². The Morgan fingerprint density at radius 2 is 1.64 bits per heavy atom. The van der Waals surface area contributed by atoms with Crippen molar-refractivity contribution in [3.63, 3.8) is 0 Å². The quantitative estimate of drug-likeness (QED) is 0.155. The number of nitro benzene ring substituents is 2. The highest BCUT2D eigenvalue weighted by molar-refractivity contribution is 7.99. The number of nitrogens with one attached hydrogen (secondary N) is 1. The molecule has 1 amide bonds. The SMILES string of the molecule is O=C(CSc1nnc(-c2cccc([N+](=O)[O-])c2)n1-c1ccccc1)N/N=C/c1cccc([N+](=O)[O-])c1. The number of hydrogen-bond donors (Lipinski definition) is 1. The molecular weight excluding hydrogens is 486 g/mol. The van der Waals surface area contributed by atoms with E-state index in [-0.39, 0.29) is 17.1 Å². The Kier molecular flexibility index (Phi) is 7.41. The fourth-order valence-corrected chi connectivity index (χ4v) is 3.92. The predicted octanol–water partition coefficient (Wildman–Crippen LogP) is 3.99. The second kappa shape index (κ2) is 11.0. The molecule has 13 heteroatoms. The summed E-state index contributed by atoms with van der Waals surface area (Å²) < 4.78 is 1.71. The minimum absolute atomic E-state index is 0.0494. The van der Waals surface area contributed by atoms with Gasteiger partial charge in [-0.25, -0.2) is 5.43 Å². The Hall–Kier alpha value is -4.91. The number of amides is 1. The zero-order valence-electron chi connectivity index (χ0n) is 18.4. The number of hydrazone groups is 1. The molecule has 0 atom stereocenters. The Morgan fingerprint density at radius 1 is 0.944 bits per heavy atom. The van der Waals surface area contributed by atoms with Crippen molar-refractivity contribution in [1.82, 2.24) is 20.2 Å². The summed E-state index contributed by atoms with van der Waals surface area (Å²) in [5, 5.41) is 34.7. The highest BCUT2D eigenvalue weighted by atomic mass is 32.2. The van der Waals surface area contributed by atoms with Crippen molar-refractivity contribution in [2.45, 2.75) is 5.16 Å². The van der Waals surface area contributed by atoms with Crippen LogP contribution in [0.3, 0.4) is 0 Å². The number of benzene rings is 3. The summed E-state index contributed by atoms with van der Waals surface area (Å²) in [6.45, 7) is 0. The van der Waals surface area contributed by atoms with Crippen LogP contribution in [-0.4, -0.2) is 42.5 Å². The average molecular weight is 504 g/mol. The van der Waals surface area contributed by atoms with E-state index in [4.69, 9.17) is 0 Å². The second-order valence-electron chi connectivity index (χ2n) is 7.22. The highest BCUT2D eigenvalue weighted by Gasteiger charge is 2.19. The Labute approximate surface area is 208 Å². The van der Waals surface area contributed by atoms with Gasteiger partial charge in [-0.1, -0.05) is 54.2 Å². The van der Waals surface area contributed by atoms with Crippen LogP contribution < -0.4 is 5.43 Å². The fraction of sp³-hybridized carbons (Fsp3) is 0.0435. The van der Waals surface area contributed by atoms with Gasteiger partial charge in [-0.15, -0.1) is 10.2 Å². The van der Waals surface area contributed by atoms with Crippen LogP contribution in [0, 0.1) is 20.2 Å². The number of carbonyl (C=O) groups is 1. The van der Waals surface area contributed by atoms with Gasteiger partial charge in [0, 0.05) is 41.1 Å². The first-order valence-corrected chi connectivity index (χ1v) is 11.4. The van der Waals surface area contributed by atoms with Crippen molar-refractivity contribution in [3.05, 3.63) is 105 Å². The Balaban J connectivity index is 1.51. The summed E-state index contributed by atoms with van der Waals surface area (Å²) >= 11 is 1.11. The number of hydrogen-bond acceptors (Lipinski definition) is 9. The van der Waals surface area contributed by atoms with Crippen LogP contribution in [0.1, 0.15) is 5.56 Å². The molecule has 180 valence electrons. The zero-order valence-corrected chi connectivity index (χ0v) is 19.2. The largest absolute Gasteiger partial charge is 0.272 e. The number of para-hydroxylation sites is 1. The average Bonchev–Trinajstić information content (AvgIpc) is 3.32. The first-order valence-electron chi connectivity index (χ1n) is 10.4. The molecule has 0 bridgehead atoms. The molecule has 0 saturated carbocycles. The Bertz CT molecular complexity index is 1460. The minimum Gasteiger partial charge on any atom is -0.272 e. The van der Waals surface area contributed by atoms with E-state index in [1.165, 1.54) is 36.5 Å². The van der Waals surface area contributed by atoms with Gasteiger partial charge in [0.15, 0.2) is 11.0 Å². The molecule has 1 aromatic heterocycles. The fourth-order valence-electron chi connectivity index (χ4n) is 3.18. The van der Waals surface area contributed by atoms with Crippen molar-refractivity contribution < 1.29 is 14.6 Å². The molecule has 0 aliphatic rings. The van der Waals surface area contributed by atoms with Gasteiger partial charge in [-0.2, -0.15) is 5.10 Å². The summed E-state index contributed by atoms with van der Waals surface area (Å²) in [6.07, 6.45) is 1.31. The number of thioether (sulfide) groups is 1. The monoisotopic (exact) mass is 503 g/mol. The third-order valence-electron chi connectivity index (χ3n) is 4.78. The number of aromatic nitrogens is 3. The smallest absolute Gasteiger partial charge is 0.270 e. The lowest BCUT2D eigenvalue weighted by Gasteiger charge is -2.10. The van der Waals surface area contributed by atoms with Crippen LogP contribution >= 0.6 is 11.8 Å². The van der Waals surface area contributed by atoms with Gasteiger partial charge in [0.25, 0.3) is 17.3 Å². The molecule has 0 aliphatic carbocycles. The van der Waals surface area contributed by atoms with E-state index in [1.807, 2.05) is 30.3 Å². The molecule has 0 unspecified atom stereocenters. The van der Waals surface area contributed by atoms with E-state index >= 15 is 0 Å². The van der Waals surface area contributed by atoms with E-state index in [0.29, 0.717) is 22.1 Å². The number of rotatable bonds is 9. The maximum atomic E-state index is 12.3. The highest BCUT2D eigenvalue weighted by Crippen LogP contribution is 2.29. The van der Waals surface area contributed by atoms with Crippen LogP contribution in [0.15, 0.2) is 89.1 Å². The molecule has 0 radical (unpaired) electrons. The van der Waals surface area contributed by atoms with E-state index in [0.717, 1.165) is 17.4 Å². The second-order valence-corrected chi connectivity index (χ2v) is 8.16. The molecule has 36 heavy (non-hydrogen) atoms. The van der Waals surface area contributed by atoms with Crippen molar-refractivity contribution >= 4 is 35.3 Å². The molecule has 4 aromatic rings. The molecule has 0 saturated heterocycles. The minimum atomic E-state index is -0.517. The third kappa shape index (κ3) is 5.77. The van der Waals surface area contributed by atoms with E-state index in [2.05, 4.69) is 20.7 Å². The van der Waals surface area contributed by atoms with Crippen LogP contribution in [0.4, 0.5) is 11.4 Å². The van der Waals surface area contributed by atoms with E-state index in [9.17, 15) is 25.0 Å². The molecule has 3 aromatic carbocycles. The maximum absolute atomic E-state index is 12.3. The van der Waals surface area contributed by atoms with Gasteiger partial charge in [0.05, 0.1) is 21.8 Å². The topological polar surface area (TPSA) is 158 Å². The summed E-state index contributed by atoms with van der Waals surface area (Å²) in [4.78, 5) is 33.4. The summed E-state index contributed by atoms with van der Waals surface area (Å²) in [5.41, 5.74) is 3.89. The molecule has 12 nitrogen and oxygen atoms in total. The van der Waals surface area contributed by atoms with Crippen LogP contribution in [0.2, 0.25) is 0 Å². The standard InChI is InChI=1S/C23H17N7O5S/c31-21(25-24-14-16-6-4-10-19(12-16)29(32)33)15-36-23-27-26-22(28(23)18-8-2-1-3-9-18)17-7-5-11-20(13-17)30(34)35/h1-14H,15H2,(H,25,31)/b24-14+. The third-order valence-corrected chi connectivity index (χ3v) is 5.71. The van der Waals surface area contributed by atoms with Crippen molar-refractivity contribution in [2.24, 2.45) is 5.10 Å². The predicted molar refractivity (Wildman–Crippen MR) is 133 cm³/mol. The number of nitrogens with zero attached hydrogens (tertiary/aromatic N) is 6. The number of carbonyl (C=O) groups excluding carboxylic acids is 1. The van der Waals surface area contributed by atoms with Gasteiger partial charge in [-0.3, -0.25) is 29.6 Å². The molecule has 0 spiro atoms. The first-order chi connectivity index (χ1) is 17.4. The number of nitro groups is 2. The van der Waals surface area contributed by atoms with Gasteiger partial charge < -0.3 is 0 Å². The molecule has 1 heterocycles. The Morgan fingerprint density at radius 3 is 2.36 bits per heavy atom. The van der Waals surface area contributed by atoms with Crippen LogP contribution in [0.25, 0.3) is 17.1 Å². The van der Waals surface area contributed by atoms with Gasteiger partial charge >= 0.3 is 0 Å². The lowest BCUT2D eigenvalue weighted by molar-refractivity contribution is -0.385. The van der Waals surface area contributed by atoms with Gasteiger partial charge in [0.2, 0.25) is 0 Å². The number of non-ortho nitro benzene ring substituents is 2. The summed E-state index contributed by atoms with van der Waals surface area (Å²) in [6, 6.07) is 21.1. The molecule has 1 N–H and O–H groups in total. The lowest BCUT2D eigenvalue weighted by Crippen LogP contribution is -2.20. The summed E-state index contributed by atoms with van der Waals surface area (Å²) in [7, 11) is 0. The lowest BCUT2D eigenvalue weighted by atomic mass is 10.2. The molecule has 0 aliphatic heterocycles. The normalized spacial score (nSPS) is 10.9. The van der Waals surface area contributed by atoms with Crippen molar-refractivity contribution in [2.75, 3.05) is 5.75 Å². The van der Waals surface area contributed by atoms with Crippen molar-refractivity contribution in [1.29, 1.82) is 0 Å². The zero-order chi connectivity index (χ0) is 25.5. The van der Waals surface area contributed by atoms with Gasteiger partial charge in [0.1, 0.15) is 0 Å². The first kappa shape index (κ1) is 24.2. The van der Waals surface area contributed by atoms with Gasteiger partial charge in [-0.05, 0) is 12.1 Å².